The lowest BCUT2D eigenvalue weighted by Gasteiger charge is -2.18. The maximum absolute atomic E-state index is 12.9. The monoisotopic (exact) mass is 1140 g/mol. The molecule has 0 saturated carbocycles. The van der Waals surface area contributed by atoms with Crippen molar-refractivity contribution in [1.82, 2.24) is 0 Å². The molecule has 6 nitrogen and oxygen atoms in total. The summed E-state index contributed by atoms with van der Waals surface area (Å²) >= 11 is 0. The number of carbonyl (C=O) groups excluding carboxylic acids is 3. The van der Waals surface area contributed by atoms with Gasteiger partial charge in [-0.1, -0.05) is 281 Å². The van der Waals surface area contributed by atoms with Crippen molar-refractivity contribution in [1.29, 1.82) is 0 Å². The summed E-state index contributed by atoms with van der Waals surface area (Å²) in [7, 11) is 0. The van der Waals surface area contributed by atoms with Crippen LogP contribution in [0.15, 0.2) is 158 Å². The molecule has 0 aliphatic carbocycles. The first-order valence-corrected chi connectivity index (χ1v) is 34.0. The normalized spacial score (nSPS) is 13.1. The minimum atomic E-state index is -0.801. The molecule has 0 aromatic carbocycles. The molecular weight excluding hydrogens is 1020 g/mol. The predicted molar refractivity (Wildman–Crippen MR) is 362 cm³/mol. The highest BCUT2D eigenvalue weighted by molar-refractivity contribution is 5.71. The molecule has 0 aromatic rings. The van der Waals surface area contributed by atoms with Crippen molar-refractivity contribution in [3.8, 4) is 0 Å². The van der Waals surface area contributed by atoms with Crippen molar-refractivity contribution in [3.63, 3.8) is 0 Å². The van der Waals surface area contributed by atoms with Gasteiger partial charge in [-0.25, -0.2) is 0 Å². The van der Waals surface area contributed by atoms with Crippen LogP contribution in [-0.2, 0) is 28.6 Å². The van der Waals surface area contributed by atoms with Crippen LogP contribution in [0, 0.1) is 0 Å². The Morgan fingerprint density at radius 1 is 0.253 bits per heavy atom. The fraction of sp³-hybridized carbons (Fsp3) is 0.623. The van der Waals surface area contributed by atoms with E-state index in [-0.39, 0.29) is 31.1 Å². The lowest BCUT2D eigenvalue weighted by atomic mass is 10.1. The summed E-state index contributed by atoms with van der Waals surface area (Å²) in [6.07, 6.45) is 101. The molecule has 6 heteroatoms. The van der Waals surface area contributed by atoms with Crippen molar-refractivity contribution < 1.29 is 28.6 Å². The van der Waals surface area contributed by atoms with Crippen LogP contribution in [0.1, 0.15) is 290 Å². The molecule has 0 radical (unpaired) electrons. The van der Waals surface area contributed by atoms with E-state index in [4.69, 9.17) is 14.2 Å². The third-order valence-electron chi connectivity index (χ3n) is 14.0. The van der Waals surface area contributed by atoms with Crippen LogP contribution in [0.25, 0.3) is 0 Å². The summed E-state index contributed by atoms with van der Waals surface area (Å²) in [5, 5.41) is 0. The van der Waals surface area contributed by atoms with Gasteiger partial charge in [0.05, 0.1) is 0 Å². The molecular formula is C77H124O6. The van der Waals surface area contributed by atoms with Gasteiger partial charge in [0.1, 0.15) is 13.2 Å². The topological polar surface area (TPSA) is 78.9 Å². The van der Waals surface area contributed by atoms with Gasteiger partial charge >= 0.3 is 17.9 Å². The van der Waals surface area contributed by atoms with Crippen molar-refractivity contribution in [2.24, 2.45) is 0 Å². The van der Waals surface area contributed by atoms with Crippen molar-refractivity contribution in [2.45, 2.75) is 297 Å². The van der Waals surface area contributed by atoms with Gasteiger partial charge in [0.15, 0.2) is 6.10 Å². The summed E-state index contributed by atoms with van der Waals surface area (Å²) in [4.78, 5) is 38.3. The van der Waals surface area contributed by atoms with E-state index >= 15 is 0 Å². The number of allylic oxidation sites excluding steroid dienone is 26. The van der Waals surface area contributed by atoms with E-state index in [1.54, 1.807) is 0 Å². The molecule has 0 aliphatic rings. The van der Waals surface area contributed by atoms with Gasteiger partial charge in [0.25, 0.3) is 0 Å². The van der Waals surface area contributed by atoms with Crippen LogP contribution in [0.3, 0.4) is 0 Å². The molecule has 0 aliphatic heterocycles. The van der Waals surface area contributed by atoms with E-state index in [1.807, 2.05) is 0 Å². The molecule has 0 bridgehead atoms. The largest absolute Gasteiger partial charge is 0.462 e. The van der Waals surface area contributed by atoms with Crippen LogP contribution in [-0.4, -0.2) is 37.2 Å². The smallest absolute Gasteiger partial charge is 0.306 e. The Morgan fingerprint density at radius 2 is 0.482 bits per heavy atom. The minimum absolute atomic E-state index is 0.0967. The summed E-state index contributed by atoms with van der Waals surface area (Å²) < 4.78 is 16.9. The first kappa shape index (κ1) is 78.0. The predicted octanol–water partition coefficient (Wildman–Crippen LogP) is 23.7. The van der Waals surface area contributed by atoms with E-state index in [0.717, 1.165) is 154 Å². The molecule has 0 fully saturated rings. The Bertz CT molecular complexity index is 1840. The van der Waals surface area contributed by atoms with Gasteiger partial charge in [-0.05, 0) is 148 Å². The molecule has 0 amide bonds. The molecule has 468 valence electrons. The fourth-order valence-corrected chi connectivity index (χ4v) is 8.89. The fourth-order valence-electron chi connectivity index (χ4n) is 8.89. The first-order valence-electron chi connectivity index (χ1n) is 34.0. The van der Waals surface area contributed by atoms with Crippen LogP contribution in [0.2, 0.25) is 0 Å². The van der Waals surface area contributed by atoms with Crippen molar-refractivity contribution in [2.75, 3.05) is 13.2 Å². The molecule has 0 aromatic heterocycles. The Balaban J connectivity index is 4.32. The summed E-state index contributed by atoms with van der Waals surface area (Å²) in [5.74, 6) is -0.936. The Morgan fingerprint density at radius 3 is 0.783 bits per heavy atom. The molecule has 1 unspecified atom stereocenters. The highest BCUT2D eigenvalue weighted by Gasteiger charge is 2.19. The second-order valence-electron chi connectivity index (χ2n) is 22.0. The minimum Gasteiger partial charge on any atom is -0.462 e. The van der Waals surface area contributed by atoms with Gasteiger partial charge in [-0.2, -0.15) is 0 Å². The number of unbranched alkanes of at least 4 members (excludes halogenated alkanes) is 23. The van der Waals surface area contributed by atoms with Gasteiger partial charge in [-0.15, -0.1) is 0 Å². The number of hydrogen-bond donors (Lipinski definition) is 0. The highest BCUT2D eigenvalue weighted by Crippen LogP contribution is 2.15. The van der Waals surface area contributed by atoms with E-state index in [9.17, 15) is 14.4 Å². The highest BCUT2D eigenvalue weighted by atomic mass is 16.6. The average Bonchev–Trinajstić information content (AvgIpc) is 3.48. The number of ether oxygens (including phenoxy) is 3. The van der Waals surface area contributed by atoms with E-state index < -0.39 is 6.10 Å². The van der Waals surface area contributed by atoms with E-state index in [2.05, 4.69) is 179 Å². The zero-order valence-electron chi connectivity index (χ0n) is 53.7. The summed E-state index contributed by atoms with van der Waals surface area (Å²) in [6, 6.07) is 0. The standard InChI is InChI=1S/C77H124O6/c1-4-7-10-13-16-19-22-24-26-28-30-31-32-33-34-35-36-37-38-39-40-41-42-43-44-45-47-48-50-52-55-58-61-64-67-70-76(79)82-73-74(72-81-75(78)69-66-63-60-57-54-21-18-15-12-9-6-3)83-77(80)71-68-65-62-59-56-53-51-49-46-29-27-25-23-20-17-14-11-8-5-2/h7,10,15-20,24-27,30-31,33-34,36-37,39-40,42-43,45,47,50,52,74H,4-6,8-9,11-14,21-23,28-29,32,35,38,41,44,46,48-49,51,53-73H2,1-3H3/b10-7-,18-15-,19-16-,20-17-,26-24-,27-25-,31-30-,34-33-,37-36-,40-39-,43-42-,47-45-,52-50-. The molecule has 83 heavy (non-hydrogen) atoms. The third-order valence-corrected chi connectivity index (χ3v) is 14.0. The maximum Gasteiger partial charge on any atom is 0.306 e. The Labute approximate surface area is 511 Å². The SMILES string of the molecule is CC/C=C\C/C=C\C/C=C\C/C=C\C/C=C\C/C=C\C/C=C\C/C=C\C/C=C\C/C=C\CCCCCCC(=O)OCC(COC(=O)CCCCCCC/C=C\CCCC)OC(=O)CCCCCCCCCCC/C=C\C/C=C\CCCCC. The van der Waals surface area contributed by atoms with Crippen LogP contribution < -0.4 is 0 Å². The Hall–Kier alpha value is -4.97. The van der Waals surface area contributed by atoms with E-state index in [1.165, 1.54) is 96.3 Å². The maximum atomic E-state index is 12.9. The second-order valence-corrected chi connectivity index (χ2v) is 22.0. The second kappa shape index (κ2) is 69.5. The lowest BCUT2D eigenvalue weighted by molar-refractivity contribution is -0.167. The zero-order chi connectivity index (χ0) is 59.9. The average molecular weight is 1150 g/mol. The van der Waals surface area contributed by atoms with Crippen molar-refractivity contribution in [3.05, 3.63) is 158 Å². The molecule has 0 N–H and O–H groups in total. The molecule has 1 atom stereocenters. The van der Waals surface area contributed by atoms with Crippen molar-refractivity contribution >= 4 is 17.9 Å². The quantitative estimate of drug-likeness (QED) is 0.0261. The lowest BCUT2D eigenvalue weighted by Crippen LogP contribution is -2.30. The Kier molecular flexibility index (Phi) is 65.4. The zero-order valence-corrected chi connectivity index (χ0v) is 53.7. The summed E-state index contributed by atoms with van der Waals surface area (Å²) in [5.41, 5.74) is 0. The molecule has 0 spiro atoms. The van der Waals surface area contributed by atoms with Gasteiger partial charge in [-0.3, -0.25) is 14.4 Å². The van der Waals surface area contributed by atoms with Gasteiger partial charge in [0.2, 0.25) is 0 Å². The number of hydrogen-bond acceptors (Lipinski definition) is 6. The van der Waals surface area contributed by atoms with Crippen LogP contribution in [0.4, 0.5) is 0 Å². The number of esters is 3. The van der Waals surface area contributed by atoms with Crippen LogP contribution >= 0.6 is 0 Å². The first-order chi connectivity index (χ1) is 41.0. The number of carbonyl (C=O) groups is 3. The molecule has 0 rings (SSSR count). The third kappa shape index (κ3) is 67.7. The van der Waals surface area contributed by atoms with E-state index in [0.29, 0.717) is 19.3 Å². The van der Waals surface area contributed by atoms with Gasteiger partial charge < -0.3 is 14.2 Å². The molecule has 0 heterocycles. The van der Waals surface area contributed by atoms with Crippen LogP contribution in [0.5, 0.6) is 0 Å². The number of rotatable bonds is 60. The summed E-state index contributed by atoms with van der Waals surface area (Å²) in [6.45, 7) is 6.43. The van der Waals surface area contributed by atoms with Gasteiger partial charge in [0, 0.05) is 19.3 Å². The molecule has 0 saturated heterocycles.